The molecular formula is C16H21F2N3O. The lowest BCUT2D eigenvalue weighted by Crippen LogP contribution is -2.26. The van der Waals surface area contributed by atoms with Crippen LogP contribution in [0.15, 0.2) is 23.3 Å². The number of nitrogens with one attached hydrogen (secondary N) is 1. The molecule has 1 saturated heterocycles. The highest BCUT2D eigenvalue weighted by molar-refractivity contribution is 5.65. The van der Waals surface area contributed by atoms with E-state index in [0.717, 1.165) is 17.0 Å². The fourth-order valence-electron chi connectivity index (χ4n) is 2.55. The van der Waals surface area contributed by atoms with Gasteiger partial charge in [-0.3, -0.25) is 4.79 Å². The SMILES string of the molecule is CC1CCNCC1.O=CN1N=CC[C@H]1c1cc(F)cc(F)c1. The van der Waals surface area contributed by atoms with E-state index in [1.807, 2.05) is 0 Å². The van der Waals surface area contributed by atoms with Crippen LogP contribution in [0.2, 0.25) is 0 Å². The third-order valence-corrected chi connectivity index (χ3v) is 3.87. The average Bonchev–Trinajstić information content (AvgIpc) is 2.96. The van der Waals surface area contributed by atoms with Gasteiger partial charge in [-0.25, -0.2) is 13.8 Å². The van der Waals surface area contributed by atoms with Crippen molar-refractivity contribution in [3.8, 4) is 0 Å². The van der Waals surface area contributed by atoms with E-state index in [0.29, 0.717) is 18.4 Å². The van der Waals surface area contributed by atoms with Gasteiger partial charge in [-0.15, -0.1) is 0 Å². The second-order valence-corrected chi connectivity index (χ2v) is 5.67. The van der Waals surface area contributed by atoms with Gasteiger partial charge in [0.2, 0.25) is 6.41 Å². The first-order valence-corrected chi connectivity index (χ1v) is 7.53. The Balaban J connectivity index is 0.000000211. The molecule has 1 amide bonds. The molecule has 1 atom stereocenters. The van der Waals surface area contributed by atoms with Crippen molar-refractivity contribution in [2.24, 2.45) is 11.0 Å². The van der Waals surface area contributed by atoms with Gasteiger partial charge in [0.1, 0.15) is 11.6 Å². The fraction of sp³-hybridized carbons (Fsp3) is 0.500. The van der Waals surface area contributed by atoms with Gasteiger partial charge in [-0.05, 0) is 49.5 Å². The summed E-state index contributed by atoms with van der Waals surface area (Å²) in [7, 11) is 0. The monoisotopic (exact) mass is 309 g/mol. The molecule has 0 unspecified atom stereocenters. The summed E-state index contributed by atoms with van der Waals surface area (Å²) in [5.41, 5.74) is 0.414. The van der Waals surface area contributed by atoms with E-state index in [9.17, 15) is 13.6 Å². The first-order chi connectivity index (χ1) is 10.6. The van der Waals surface area contributed by atoms with E-state index in [1.165, 1.54) is 38.1 Å². The second kappa shape index (κ2) is 7.98. The van der Waals surface area contributed by atoms with Gasteiger partial charge in [0.05, 0.1) is 6.04 Å². The van der Waals surface area contributed by atoms with Crippen molar-refractivity contribution in [3.05, 3.63) is 35.4 Å². The van der Waals surface area contributed by atoms with Crippen molar-refractivity contribution < 1.29 is 13.6 Å². The number of nitrogens with zero attached hydrogens (tertiary/aromatic N) is 2. The molecule has 3 rings (SSSR count). The molecule has 1 aromatic carbocycles. The molecule has 2 aliphatic rings. The second-order valence-electron chi connectivity index (χ2n) is 5.67. The molecule has 2 heterocycles. The van der Waals surface area contributed by atoms with Gasteiger partial charge in [0, 0.05) is 18.7 Å². The normalized spacial score (nSPS) is 21.4. The number of piperidine rings is 1. The van der Waals surface area contributed by atoms with Crippen molar-refractivity contribution >= 4 is 12.6 Å². The van der Waals surface area contributed by atoms with Crippen LogP contribution < -0.4 is 5.32 Å². The number of amides is 1. The van der Waals surface area contributed by atoms with Crippen molar-refractivity contribution in [2.75, 3.05) is 13.1 Å². The summed E-state index contributed by atoms with van der Waals surface area (Å²) >= 11 is 0. The van der Waals surface area contributed by atoms with Crippen LogP contribution in [-0.4, -0.2) is 30.7 Å². The van der Waals surface area contributed by atoms with Crippen molar-refractivity contribution in [1.82, 2.24) is 10.3 Å². The third kappa shape index (κ3) is 4.59. The van der Waals surface area contributed by atoms with Crippen LogP contribution in [-0.2, 0) is 4.79 Å². The zero-order chi connectivity index (χ0) is 15.9. The van der Waals surface area contributed by atoms with Crippen molar-refractivity contribution in [1.29, 1.82) is 0 Å². The molecule has 0 aromatic heterocycles. The molecule has 1 N–H and O–H groups in total. The van der Waals surface area contributed by atoms with Crippen LogP contribution in [0.25, 0.3) is 0 Å². The van der Waals surface area contributed by atoms with Gasteiger partial charge in [-0.2, -0.15) is 5.10 Å². The molecule has 2 aliphatic heterocycles. The lowest BCUT2D eigenvalue weighted by molar-refractivity contribution is -0.119. The van der Waals surface area contributed by atoms with E-state index in [4.69, 9.17) is 0 Å². The number of carbonyl (C=O) groups is 1. The molecular weight excluding hydrogens is 288 g/mol. The molecule has 1 aromatic rings. The van der Waals surface area contributed by atoms with E-state index in [-0.39, 0.29) is 0 Å². The minimum atomic E-state index is -0.650. The molecule has 0 radical (unpaired) electrons. The first kappa shape index (κ1) is 16.5. The Morgan fingerprint density at radius 3 is 2.36 bits per heavy atom. The van der Waals surface area contributed by atoms with Crippen LogP contribution >= 0.6 is 0 Å². The maximum atomic E-state index is 12.9. The summed E-state index contributed by atoms with van der Waals surface area (Å²) in [4.78, 5) is 10.6. The summed E-state index contributed by atoms with van der Waals surface area (Å²) < 4.78 is 25.8. The first-order valence-electron chi connectivity index (χ1n) is 7.53. The maximum Gasteiger partial charge on any atom is 0.230 e. The Kier molecular flexibility index (Phi) is 6.00. The Bertz CT molecular complexity index is 510. The molecule has 0 spiro atoms. The largest absolute Gasteiger partial charge is 0.317 e. The molecule has 0 saturated carbocycles. The van der Waals surface area contributed by atoms with Crippen LogP contribution in [0.5, 0.6) is 0 Å². The summed E-state index contributed by atoms with van der Waals surface area (Å²) in [6.45, 7) is 4.79. The van der Waals surface area contributed by atoms with Crippen LogP contribution in [0, 0.1) is 17.6 Å². The minimum absolute atomic E-state index is 0.396. The molecule has 0 bridgehead atoms. The highest BCUT2D eigenvalue weighted by atomic mass is 19.1. The Morgan fingerprint density at radius 2 is 1.86 bits per heavy atom. The van der Waals surface area contributed by atoms with Gasteiger partial charge >= 0.3 is 0 Å². The number of benzene rings is 1. The predicted octanol–water partition coefficient (Wildman–Crippen LogP) is 2.86. The third-order valence-electron chi connectivity index (χ3n) is 3.87. The summed E-state index contributed by atoms with van der Waals surface area (Å²) in [5.74, 6) is -0.327. The van der Waals surface area contributed by atoms with Gasteiger partial charge in [0.15, 0.2) is 0 Å². The number of hydrogen-bond donors (Lipinski definition) is 1. The van der Waals surface area contributed by atoms with E-state index in [2.05, 4.69) is 17.3 Å². The van der Waals surface area contributed by atoms with Gasteiger partial charge < -0.3 is 5.32 Å². The Hall–Kier alpha value is -1.82. The number of carbonyl (C=O) groups excluding carboxylic acids is 1. The lowest BCUT2D eigenvalue weighted by atomic mass is 10.0. The summed E-state index contributed by atoms with van der Waals surface area (Å²) in [6, 6.07) is 2.82. The number of halogens is 2. The predicted molar refractivity (Wildman–Crippen MR) is 81.4 cm³/mol. The number of hydrogen-bond acceptors (Lipinski definition) is 3. The number of rotatable bonds is 2. The van der Waals surface area contributed by atoms with E-state index in [1.54, 1.807) is 6.21 Å². The Labute approximate surface area is 129 Å². The molecule has 120 valence electrons. The quantitative estimate of drug-likeness (QED) is 0.854. The lowest BCUT2D eigenvalue weighted by Gasteiger charge is -2.17. The zero-order valence-corrected chi connectivity index (χ0v) is 12.6. The van der Waals surface area contributed by atoms with Crippen LogP contribution in [0.3, 0.4) is 0 Å². The zero-order valence-electron chi connectivity index (χ0n) is 12.6. The summed E-state index contributed by atoms with van der Waals surface area (Å²) in [6.07, 6.45) is 5.31. The minimum Gasteiger partial charge on any atom is -0.317 e. The highest BCUT2D eigenvalue weighted by Gasteiger charge is 2.23. The van der Waals surface area contributed by atoms with Crippen LogP contribution in [0.1, 0.15) is 37.8 Å². The van der Waals surface area contributed by atoms with Gasteiger partial charge in [-0.1, -0.05) is 6.92 Å². The summed E-state index contributed by atoms with van der Waals surface area (Å²) in [5, 5.41) is 8.23. The smallest absolute Gasteiger partial charge is 0.230 e. The topological polar surface area (TPSA) is 44.7 Å². The maximum absolute atomic E-state index is 12.9. The van der Waals surface area contributed by atoms with Crippen molar-refractivity contribution in [2.45, 2.75) is 32.2 Å². The molecule has 1 fully saturated rings. The standard InChI is InChI=1S/C10H8F2N2O.C6H13N/c11-8-3-7(4-9(12)5-8)10-1-2-13-14(10)6-15;1-6-2-4-7-5-3-6/h2-6,10H,1H2;6-7H,2-5H2,1H3/t10-;/m0./s1. The van der Waals surface area contributed by atoms with Gasteiger partial charge in [0.25, 0.3) is 0 Å². The van der Waals surface area contributed by atoms with Crippen LogP contribution in [0.4, 0.5) is 8.78 Å². The Morgan fingerprint density at radius 1 is 1.23 bits per heavy atom. The fourth-order valence-corrected chi connectivity index (χ4v) is 2.55. The van der Waals surface area contributed by atoms with Crippen molar-refractivity contribution in [3.63, 3.8) is 0 Å². The molecule has 4 nitrogen and oxygen atoms in total. The van der Waals surface area contributed by atoms with E-state index < -0.39 is 17.7 Å². The number of hydrazone groups is 1. The average molecular weight is 309 g/mol. The van der Waals surface area contributed by atoms with E-state index >= 15 is 0 Å². The molecule has 22 heavy (non-hydrogen) atoms. The highest BCUT2D eigenvalue weighted by Crippen LogP contribution is 2.27. The molecule has 0 aliphatic carbocycles. The molecule has 6 heteroatoms.